The summed E-state index contributed by atoms with van der Waals surface area (Å²) in [6.45, 7) is 1.83. The molecule has 7 heteroatoms. The summed E-state index contributed by atoms with van der Waals surface area (Å²) in [6, 6.07) is 6.67. The van der Waals surface area contributed by atoms with Crippen molar-refractivity contribution in [2.24, 2.45) is 11.3 Å². The highest BCUT2D eigenvalue weighted by atomic mass is 19.4. The third-order valence-electron chi connectivity index (χ3n) is 4.49. The van der Waals surface area contributed by atoms with Crippen molar-refractivity contribution in [1.29, 1.82) is 0 Å². The molecule has 0 aromatic heterocycles. The first kappa shape index (κ1) is 17.3. The zero-order valence-corrected chi connectivity index (χ0v) is 12.9. The summed E-state index contributed by atoms with van der Waals surface area (Å²) >= 11 is 0. The number of halogens is 3. The lowest BCUT2D eigenvalue weighted by Gasteiger charge is -2.51. The smallest absolute Gasteiger partial charge is 0.393 e. The zero-order chi connectivity index (χ0) is 17.4. The van der Waals surface area contributed by atoms with Gasteiger partial charge in [-0.2, -0.15) is 13.2 Å². The topological polar surface area (TPSA) is 52.6 Å². The molecule has 0 spiro atoms. The Labute approximate surface area is 131 Å². The molecule has 2 rings (SSSR count). The van der Waals surface area contributed by atoms with Gasteiger partial charge in [-0.1, -0.05) is 29.8 Å². The van der Waals surface area contributed by atoms with Gasteiger partial charge in [0.1, 0.15) is 0 Å². The molecule has 0 radical (unpaired) electrons. The number of hydrogen-bond donors (Lipinski definition) is 0. The summed E-state index contributed by atoms with van der Waals surface area (Å²) in [7, 11) is 1.93. The number of benzene rings is 1. The molecule has 1 saturated carbocycles. The second-order valence-electron chi connectivity index (χ2n) is 5.65. The molecule has 0 amide bonds. The van der Waals surface area contributed by atoms with Gasteiger partial charge >= 0.3 is 18.1 Å². The molecule has 1 fully saturated rings. The largest absolute Gasteiger partial charge is 0.468 e. The van der Waals surface area contributed by atoms with E-state index in [1.165, 1.54) is 0 Å². The van der Waals surface area contributed by atoms with Crippen molar-refractivity contribution < 1.29 is 32.2 Å². The number of ether oxygens (including phenoxy) is 2. The van der Waals surface area contributed by atoms with Gasteiger partial charge in [0.05, 0.1) is 20.1 Å². The van der Waals surface area contributed by atoms with E-state index in [1.807, 2.05) is 6.92 Å². The third-order valence-corrected chi connectivity index (χ3v) is 4.49. The van der Waals surface area contributed by atoms with Gasteiger partial charge in [0.15, 0.2) is 5.41 Å². The predicted octanol–water partition coefficient (Wildman–Crippen LogP) is 2.99. The third kappa shape index (κ3) is 2.58. The normalized spacial score (nSPS) is 22.9. The fourth-order valence-electron chi connectivity index (χ4n) is 3.27. The molecule has 1 aliphatic rings. The van der Waals surface area contributed by atoms with Crippen molar-refractivity contribution in [2.45, 2.75) is 25.4 Å². The maximum atomic E-state index is 13.3. The minimum atomic E-state index is -4.70. The Morgan fingerprint density at radius 1 is 1.09 bits per heavy atom. The van der Waals surface area contributed by atoms with E-state index in [-0.39, 0.29) is 6.42 Å². The van der Waals surface area contributed by atoms with E-state index in [9.17, 15) is 22.8 Å². The lowest BCUT2D eigenvalue weighted by molar-refractivity contribution is -0.255. The van der Waals surface area contributed by atoms with Gasteiger partial charge in [0, 0.05) is 5.92 Å². The maximum absolute atomic E-state index is 13.3. The van der Waals surface area contributed by atoms with E-state index in [1.54, 1.807) is 24.3 Å². The Kier molecular flexibility index (Phi) is 4.41. The minimum Gasteiger partial charge on any atom is -0.468 e. The van der Waals surface area contributed by atoms with Crippen molar-refractivity contribution in [3.05, 3.63) is 35.4 Å². The molecular formula is C16H17F3O4. The van der Waals surface area contributed by atoms with Gasteiger partial charge in [-0.25, -0.2) is 0 Å². The summed E-state index contributed by atoms with van der Waals surface area (Å²) in [5.41, 5.74) is -0.995. The van der Waals surface area contributed by atoms with Crippen LogP contribution in [-0.4, -0.2) is 32.3 Å². The van der Waals surface area contributed by atoms with Gasteiger partial charge in [0.2, 0.25) is 0 Å². The molecule has 23 heavy (non-hydrogen) atoms. The first-order valence-corrected chi connectivity index (χ1v) is 6.99. The summed E-state index contributed by atoms with van der Waals surface area (Å²) < 4.78 is 49.1. The predicted molar refractivity (Wildman–Crippen MR) is 74.5 cm³/mol. The summed E-state index contributed by atoms with van der Waals surface area (Å²) in [5.74, 6) is -5.50. The molecule has 0 aliphatic heterocycles. The van der Waals surface area contributed by atoms with Crippen LogP contribution >= 0.6 is 0 Å². The van der Waals surface area contributed by atoms with Crippen LogP contribution < -0.4 is 0 Å². The van der Waals surface area contributed by atoms with E-state index < -0.39 is 35.4 Å². The van der Waals surface area contributed by atoms with E-state index in [0.717, 1.165) is 19.8 Å². The van der Waals surface area contributed by atoms with E-state index in [0.29, 0.717) is 5.56 Å². The molecule has 2 atom stereocenters. The second kappa shape index (κ2) is 5.86. The van der Waals surface area contributed by atoms with Gasteiger partial charge in [-0.05, 0) is 18.9 Å². The Morgan fingerprint density at radius 3 is 1.96 bits per heavy atom. The van der Waals surface area contributed by atoms with Crippen molar-refractivity contribution in [3.63, 3.8) is 0 Å². The van der Waals surface area contributed by atoms with Crippen LogP contribution in [0.5, 0.6) is 0 Å². The number of rotatable bonds is 3. The lowest BCUT2D eigenvalue weighted by atomic mass is 9.50. The van der Waals surface area contributed by atoms with Crippen LogP contribution in [-0.2, 0) is 19.1 Å². The Hall–Kier alpha value is -2.05. The molecule has 0 unspecified atom stereocenters. The zero-order valence-electron chi connectivity index (χ0n) is 12.9. The number of carbonyl (C=O) groups is 2. The second-order valence-corrected chi connectivity index (χ2v) is 5.65. The monoisotopic (exact) mass is 330 g/mol. The number of carbonyl (C=O) groups excluding carboxylic acids is 2. The molecule has 126 valence electrons. The molecule has 0 N–H and O–H groups in total. The first-order chi connectivity index (χ1) is 10.7. The van der Waals surface area contributed by atoms with Gasteiger partial charge < -0.3 is 9.47 Å². The van der Waals surface area contributed by atoms with Gasteiger partial charge in [0.25, 0.3) is 0 Å². The average molecular weight is 330 g/mol. The Balaban J connectivity index is 2.57. The van der Waals surface area contributed by atoms with Gasteiger partial charge in [-0.3, -0.25) is 9.59 Å². The van der Waals surface area contributed by atoms with Crippen molar-refractivity contribution in [2.75, 3.05) is 14.2 Å². The molecule has 0 heterocycles. The van der Waals surface area contributed by atoms with Crippen LogP contribution in [0.3, 0.4) is 0 Å². The van der Waals surface area contributed by atoms with E-state index in [2.05, 4.69) is 9.47 Å². The van der Waals surface area contributed by atoms with Crippen LogP contribution in [0.15, 0.2) is 24.3 Å². The van der Waals surface area contributed by atoms with Crippen LogP contribution in [0.4, 0.5) is 13.2 Å². The number of aryl methyl sites for hydroxylation is 1. The lowest BCUT2D eigenvalue weighted by Crippen LogP contribution is -2.63. The van der Waals surface area contributed by atoms with Crippen LogP contribution in [0.25, 0.3) is 0 Å². The minimum absolute atomic E-state index is 0.364. The van der Waals surface area contributed by atoms with Crippen molar-refractivity contribution in [1.82, 2.24) is 0 Å². The van der Waals surface area contributed by atoms with E-state index >= 15 is 0 Å². The number of alkyl halides is 3. The molecule has 4 nitrogen and oxygen atoms in total. The van der Waals surface area contributed by atoms with Crippen LogP contribution in [0.1, 0.15) is 23.5 Å². The van der Waals surface area contributed by atoms with Crippen molar-refractivity contribution in [3.8, 4) is 0 Å². The average Bonchev–Trinajstić information content (AvgIpc) is 2.46. The highest BCUT2D eigenvalue weighted by molar-refractivity contribution is 6.03. The molecular weight excluding hydrogens is 313 g/mol. The maximum Gasteiger partial charge on any atom is 0.393 e. The number of methoxy groups -OCH3 is 2. The fraction of sp³-hybridized carbons (Fsp3) is 0.500. The van der Waals surface area contributed by atoms with Gasteiger partial charge in [-0.15, -0.1) is 0 Å². The molecule has 1 aromatic rings. The highest BCUT2D eigenvalue weighted by Crippen LogP contribution is 2.63. The number of hydrogen-bond acceptors (Lipinski definition) is 4. The molecule has 1 aliphatic carbocycles. The van der Waals surface area contributed by atoms with Crippen molar-refractivity contribution >= 4 is 11.9 Å². The SMILES string of the molecule is COC(=O)C1(C(=O)OC)[C@@H](C(F)(F)F)C[C@H]1c1ccc(C)cc1. The molecule has 0 saturated heterocycles. The first-order valence-electron chi connectivity index (χ1n) is 6.99. The highest BCUT2D eigenvalue weighted by Gasteiger charge is 2.74. The standard InChI is InChI=1S/C16H17F3O4/c1-9-4-6-10(7-5-9)11-8-12(16(17,18)19)15(11,13(20)22-2)14(21)23-3/h4-7,11-12H,8H2,1-3H3/t11-,12-/m0/s1. The molecule has 1 aromatic carbocycles. The quantitative estimate of drug-likeness (QED) is 0.631. The Morgan fingerprint density at radius 2 is 1.57 bits per heavy atom. The molecule has 0 bridgehead atoms. The fourth-order valence-corrected chi connectivity index (χ4v) is 3.27. The summed E-state index contributed by atoms with van der Waals surface area (Å²) in [6.07, 6.45) is -5.07. The number of esters is 2. The van der Waals surface area contributed by atoms with Crippen LogP contribution in [0, 0.1) is 18.3 Å². The summed E-state index contributed by atoms with van der Waals surface area (Å²) in [5, 5.41) is 0. The Bertz CT molecular complexity index is 591. The van der Waals surface area contributed by atoms with E-state index in [4.69, 9.17) is 0 Å². The van der Waals surface area contributed by atoms with Crippen LogP contribution in [0.2, 0.25) is 0 Å². The summed E-state index contributed by atoms with van der Waals surface area (Å²) in [4.78, 5) is 24.4.